The van der Waals surface area contributed by atoms with Crippen molar-refractivity contribution in [1.29, 1.82) is 5.26 Å². The van der Waals surface area contributed by atoms with Crippen molar-refractivity contribution in [3.63, 3.8) is 0 Å². The van der Waals surface area contributed by atoms with Crippen molar-refractivity contribution >= 4 is 0 Å². The monoisotopic (exact) mass is 126 g/mol. The van der Waals surface area contributed by atoms with Crippen molar-refractivity contribution in [3.8, 4) is 6.19 Å². The first-order valence-electron chi connectivity index (χ1n) is 3.04. The summed E-state index contributed by atoms with van der Waals surface area (Å²) in [6.07, 6.45) is 4.25. The van der Waals surface area contributed by atoms with E-state index in [1.165, 1.54) is 0 Å². The van der Waals surface area contributed by atoms with E-state index < -0.39 is 0 Å². The zero-order valence-corrected chi connectivity index (χ0v) is 5.42. The molecule has 9 heavy (non-hydrogen) atoms. The van der Waals surface area contributed by atoms with Gasteiger partial charge in [0.1, 0.15) is 0 Å². The highest BCUT2D eigenvalue weighted by atomic mass is 16.5. The molecule has 0 saturated heterocycles. The molecule has 0 aromatic rings. The molecule has 0 aliphatic heterocycles. The Hall–Kier alpha value is -0.750. The van der Waals surface area contributed by atoms with Gasteiger partial charge in [0.05, 0.1) is 6.10 Å². The molecule has 0 aromatic carbocycles. The highest BCUT2D eigenvalue weighted by molar-refractivity contribution is 4.89. The minimum absolute atomic E-state index is 0.375. The summed E-state index contributed by atoms with van der Waals surface area (Å²) in [5, 5.41) is 10.8. The number of rotatable bonds is 2. The van der Waals surface area contributed by atoms with E-state index >= 15 is 0 Å². The Morgan fingerprint density at radius 1 is 1.67 bits per heavy atom. The van der Waals surface area contributed by atoms with Crippen LogP contribution in [0.2, 0.25) is 0 Å². The van der Waals surface area contributed by atoms with E-state index in [0.717, 1.165) is 12.8 Å². The van der Waals surface area contributed by atoms with Crippen molar-refractivity contribution in [3.05, 3.63) is 0 Å². The van der Waals surface area contributed by atoms with Crippen LogP contribution in [0.1, 0.15) is 12.8 Å². The maximum atomic E-state index is 8.16. The Bertz CT molecular complexity index is 124. The van der Waals surface area contributed by atoms with Gasteiger partial charge < -0.3 is 10.1 Å². The van der Waals surface area contributed by atoms with Gasteiger partial charge in [-0.3, -0.25) is 0 Å². The Balaban J connectivity index is 2.06. The quantitative estimate of drug-likeness (QED) is 0.425. The molecule has 0 heterocycles. The summed E-state index contributed by atoms with van der Waals surface area (Å²) in [5.74, 6) is 0. The molecule has 1 N–H and O–H groups in total. The second kappa shape index (κ2) is 2.70. The summed E-state index contributed by atoms with van der Waals surface area (Å²) in [4.78, 5) is 0. The van der Waals surface area contributed by atoms with Gasteiger partial charge in [-0.2, -0.15) is 5.26 Å². The van der Waals surface area contributed by atoms with E-state index in [1.54, 1.807) is 7.11 Å². The summed E-state index contributed by atoms with van der Waals surface area (Å²) >= 11 is 0. The summed E-state index contributed by atoms with van der Waals surface area (Å²) < 4.78 is 5.01. The highest BCUT2D eigenvalue weighted by Crippen LogP contribution is 2.21. The normalized spacial score (nSPS) is 32.4. The lowest BCUT2D eigenvalue weighted by molar-refractivity contribution is 0.0217. The van der Waals surface area contributed by atoms with Crippen LogP contribution in [0.5, 0.6) is 0 Å². The molecule has 0 amide bonds. The zero-order chi connectivity index (χ0) is 6.69. The molecule has 0 atom stereocenters. The molecule has 1 saturated carbocycles. The molecule has 1 aliphatic carbocycles. The molecule has 1 rings (SSSR count). The van der Waals surface area contributed by atoms with Gasteiger partial charge in [-0.05, 0) is 12.8 Å². The van der Waals surface area contributed by atoms with E-state index in [1.807, 2.05) is 6.19 Å². The van der Waals surface area contributed by atoms with Crippen LogP contribution in [0.4, 0.5) is 0 Å². The molecule has 0 spiro atoms. The van der Waals surface area contributed by atoms with Gasteiger partial charge in [0.25, 0.3) is 0 Å². The Morgan fingerprint density at radius 3 is 2.78 bits per heavy atom. The van der Waals surface area contributed by atoms with Gasteiger partial charge in [-0.15, -0.1) is 0 Å². The molecule has 50 valence electrons. The van der Waals surface area contributed by atoms with Crippen LogP contribution in [0.3, 0.4) is 0 Å². The van der Waals surface area contributed by atoms with Gasteiger partial charge in [0, 0.05) is 13.2 Å². The summed E-state index contributed by atoms with van der Waals surface area (Å²) in [5.41, 5.74) is 0. The van der Waals surface area contributed by atoms with Crippen molar-refractivity contribution in [1.82, 2.24) is 5.32 Å². The molecular weight excluding hydrogens is 116 g/mol. The van der Waals surface area contributed by atoms with E-state index in [9.17, 15) is 0 Å². The van der Waals surface area contributed by atoms with Crippen molar-refractivity contribution in [2.75, 3.05) is 7.11 Å². The van der Waals surface area contributed by atoms with E-state index in [-0.39, 0.29) is 0 Å². The maximum absolute atomic E-state index is 8.16. The Kier molecular flexibility index (Phi) is 1.91. The molecule has 1 fully saturated rings. The van der Waals surface area contributed by atoms with Crippen LogP contribution in [0.15, 0.2) is 0 Å². The van der Waals surface area contributed by atoms with Crippen LogP contribution in [-0.4, -0.2) is 19.3 Å². The summed E-state index contributed by atoms with van der Waals surface area (Å²) in [6.45, 7) is 0. The molecule has 0 aromatic heterocycles. The van der Waals surface area contributed by atoms with Gasteiger partial charge in [0.15, 0.2) is 6.19 Å². The second-order valence-electron chi connectivity index (χ2n) is 2.28. The Morgan fingerprint density at radius 2 is 2.33 bits per heavy atom. The van der Waals surface area contributed by atoms with E-state index in [2.05, 4.69) is 5.32 Å². The first-order valence-corrected chi connectivity index (χ1v) is 3.04. The molecule has 3 nitrogen and oxygen atoms in total. The first-order chi connectivity index (χ1) is 4.36. The fourth-order valence-corrected chi connectivity index (χ4v) is 0.967. The molecule has 0 unspecified atom stereocenters. The fourth-order valence-electron chi connectivity index (χ4n) is 0.967. The molecule has 3 heteroatoms. The van der Waals surface area contributed by atoms with Crippen molar-refractivity contribution in [2.45, 2.75) is 25.0 Å². The standard InChI is InChI=1S/C6H10N2O/c1-9-6-2-5(3-6)8-4-7/h5-6,8H,2-3H2,1H3. The smallest absolute Gasteiger partial charge is 0.176 e. The van der Waals surface area contributed by atoms with Crippen LogP contribution in [-0.2, 0) is 4.74 Å². The summed E-state index contributed by atoms with van der Waals surface area (Å²) in [7, 11) is 1.70. The number of hydrogen-bond donors (Lipinski definition) is 1. The van der Waals surface area contributed by atoms with Gasteiger partial charge in [-0.1, -0.05) is 0 Å². The predicted molar refractivity (Wildman–Crippen MR) is 32.6 cm³/mol. The first kappa shape index (κ1) is 6.37. The van der Waals surface area contributed by atoms with Crippen molar-refractivity contribution < 1.29 is 4.74 Å². The third-order valence-corrected chi connectivity index (χ3v) is 1.70. The van der Waals surface area contributed by atoms with Crippen LogP contribution in [0, 0.1) is 11.5 Å². The minimum Gasteiger partial charge on any atom is -0.381 e. The van der Waals surface area contributed by atoms with Crippen molar-refractivity contribution in [2.24, 2.45) is 0 Å². The lowest BCUT2D eigenvalue weighted by Crippen LogP contribution is -2.42. The molecular formula is C6H10N2O. The van der Waals surface area contributed by atoms with E-state index in [0.29, 0.717) is 12.1 Å². The summed E-state index contributed by atoms with van der Waals surface area (Å²) in [6, 6.07) is 0.375. The molecule has 1 aliphatic rings. The lowest BCUT2D eigenvalue weighted by Gasteiger charge is -2.32. The highest BCUT2D eigenvalue weighted by Gasteiger charge is 2.28. The number of nitriles is 1. The minimum atomic E-state index is 0.375. The number of nitrogens with zero attached hydrogens (tertiary/aromatic N) is 1. The van der Waals surface area contributed by atoms with Gasteiger partial charge in [-0.25, -0.2) is 0 Å². The zero-order valence-electron chi connectivity index (χ0n) is 5.42. The van der Waals surface area contributed by atoms with E-state index in [4.69, 9.17) is 10.00 Å². The molecule has 0 radical (unpaired) electrons. The number of ether oxygens (including phenoxy) is 1. The molecule has 0 bridgehead atoms. The third kappa shape index (κ3) is 1.33. The average molecular weight is 126 g/mol. The van der Waals surface area contributed by atoms with Gasteiger partial charge in [0.2, 0.25) is 0 Å². The predicted octanol–water partition coefficient (Wildman–Crippen LogP) is 0.234. The SMILES string of the molecule is COC1CC(NC#N)C1. The van der Waals surface area contributed by atoms with Gasteiger partial charge >= 0.3 is 0 Å². The number of hydrogen-bond acceptors (Lipinski definition) is 3. The second-order valence-corrected chi connectivity index (χ2v) is 2.28. The maximum Gasteiger partial charge on any atom is 0.176 e. The third-order valence-electron chi connectivity index (χ3n) is 1.70. The largest absolute Gasteiger partial charge is 0.381 e. The Labute approximate surface area is 54.6 Å². The fraction of sp³-hybridized carbons (Fsp3) is 0.833. The number of methoxy groups -OCH3 is 1. The number of nitrogens with one attached hydrogen (secondary N) is 1. The van der Waals surface area contributed by atoms with Crippen LogP contribution < -0.4 is 5.32 Å². The topological polar surface area (TPSA) is 45.0 Å². The average Bonchev–Trinajstić information content (AvgIpc) is 1.77. The van der Waals surface area contributed by atoms with Crippen LogP contribution >= 0.6 is 0 Å². The van der Waals surface area contributed by atoms with Crippen LogP contribution in [0.25, 0.3) is 0 Å². The lowest BCUT2D eigenvalue weighted by atomic mass is 9.89.